The molecular weight excluding hydrogens is 694 g/mol. The maximum absolute atomic E-state index is 13.8. The number of hydrazine groups is 1. The summed E-state index contributed by atoms with van der Waals surface area (Å²) >= 11 is 14.0. The topological polar surface area (TPSA) is 96.3 Å². The van der Waals surface area contributed by atoms with E-state index in [1.165, 1.54) is 34.2 Å². The molecule has 2 N–H and O–H groups in total. The van der Waals surface area contributed by atoms with Crippen molar-refractivity contribution in [2.24, 2.45) is 0 Å². The molecule has 0 bridgehead atoms. The van der Waals surface area contributed by atoms with Crippen LogP contribution in [0.5, 0.6) is 0 Å². The zero-order chi connectivity index (χ0) is 33.9. The van der Waals surface area contributed by atoms with Crippen molar-refractivity contribution in [3.63, 3.8) is 0 Å². The minimum absolute atomic E-state index is 0.00818. The molecule has 248 valence electrons. The standard InChI is InChI=1S/C32H30Cl2F3N5O3S2/c1-20(2)47(44,45)38-19-25-29(31(43)40-41-16-4-3-5-17-41)39-42(27-14-11-23(33)18-26(27)34)30(25)28-15-13-24(46-28)12-8-21-6-9-22(10-7-21)32(35,36)37/h6-7,9-11,13-15,18,20,38H,3-5,16-17,19H2,1-2H3,(H,40,43). The van der Waals surface area contributed by atoms with Crippen molar-refractivity contribution in [3.05, 3.63) is 91.9 Å². The van der Waals surface area contributed by atoms with Gasteiger partial charge in [0.15, 0.2) is 5.69 Å². The largest absolute Gasteiger partial charge is 0.416 e. The summed E-state index contributed by atoms with van der Waals surface area (Å²) in [6, 6.07) is 12.8. The van der Waals surface area contributed by atoms with Crippen LogP contribution in [0, 0.1) is 11.8 Å². The number of nitrogens with one attached hydrogen (secondary N) is 2. The average Bonchev–Trinajstić information content (AvgIpc) is 3.64. The van der Waals surface area contributed by atoms with Gasteiger partial charge in [0.1, 0.15) is 0 Å². The number of alkyl halides is 3. The van der Waals surface area contributed by atoms with E-state index in [4.69, 9.17) is 23.2 Å². The Morgan fingerprint density at radius 3 is 2.36 bits per heavy atom. The highest BCUT2D eigenvalue weighted by atomic mass is 35.5. The number of piperidine rings is 1. The number of rotatable bonds is 8. The number of nitrogens with zero attached hydrogens (tertiary/aromatic N) is 3. The number of thiophene rings is 1. The Bertz CT molecular complexity index is 1940. The summed E-state index contributed by atoms with van der Waals surface area (Å²) in [6.45, 7) is 4.19. The number of sulfonamides is 1. The van der Waals surface area contributed by atoms with E-state index in [0.717, 1.165) is 31.4 Å². The maximum Gasteiger partial charge on any atom is 0.416 e. The van der Waals surface area contributed by atoms with Crippen molar-refractivity contribution in [3.8, 4) is 28.1 Å². The zero-order valence-electron chi connectivity index (χ0n) is 25.3. The summed E-state index contributed by atoms with van der Waals surface area (Å²) in [4.78, 5) is 14.9. The molecular formula is C32H30Cl2F3N5O3S2. The fourth-order valence-electron chi connectivity index (χ4n) is 4.83. The number of amides is 1. The van der Waals surface area contributed by atoms with Crippen LogP contribution in [0.1, 0.15) is 65.2 Å². The zero-order valence-corrected chi connectivity index (χ0v) is 28.4. The third-order valence-electron chi connectivity index (χ3n) is 7.40. The quantitative estimate of drug-likeness (QED) is 0.186. The third-order valence-corrected chi connectivity index (χ3v) is 10.7. The van der Waals surface area contributed by atoms with Crippen LogP contribution in [0.2, 0.25) is 10.0 Å². The highest BCUT2D eigenvalue weighted by Gasteiger charge is 2.31. The van der Waals surface area contributed by atoms with Gasteiger partial charge >= 0.3 is 6.18 Å². The maximum atomic E-state index is 13.8. The first-order valence-corrected chi connectivity index (χ1v) is 17.8. The Kier molecular flexibility index (Phi) is 10.7. The first-order chi connectivity index (χ1) is 22.2. The van der Waals surface area contributed by atoms with Gasteiger partial charge in [0.2, 0.25) is 10.0 Å². The SMILES string of the molecule is CC(C)S(=O)(=O)NCc1c(C(=O)NN2CCCCC2)nn(-c2ccc(Cl)cc2Cl)c1-c1ccc(C#Cc2ccc(C(F)(F)F)cc2)s1. The van der Waals surface area contributed by atoms with E-state index >= 15 is 0 Å². The third kappa shape index (κ3) is 8.38. The lowest BCUT2D eigenvalue weighted by molar-refractivity contribution is -0.137. The Morgan fingerprint density at radius 2 is 1.72 bits per heavy atom. The smallest absolute Gasteiger partial charge is 0.283 e. The van der Waals surface area contributed by atoms with E-state index in [1.54, 1.807) is 38.1 Å². The number of benzene rings is 2. The molecule has 2 aromatic heterocycles. The van der Waals surface area contributed by atoms with Crippen molar-refractivity contribution in [2.75, 3.05) is 13.1 Å². The van der Waals surface area contributed by atoms with E-state index in [1.807, 2.05) is 5.01 Å². The summed E-state index contributed by atoms with van der Waals surface area (Å²) in [7, 11) is -3.74. The molecule has 1 aliphatic rings. The number of carbonyl (C=O) groups excluding carboxylic acids is 1. The lowest BCUT2D eigenvalue weighted by Crippen LogP contribution is -2.45. The summed E-state index contributed by atoms with van der Waals surface area (Å²) in [6.07, 6.45) is -1.54. The number of hydrogen-bond acceptors (Lipinski definition) is 6. The Balaban J connectivity index is 1.61. The van der Waals surface area contributed by atoms with Gasteiger partial charge in [-0.05, 0) is 81.3 Å². The lowest BCUT2D eigenvalue weighted by atomic mass is 10.1. The number of halogens is 5. The van der Waals surface area contributed by atoms with Crippen LogP contribution in [-0.4, -0.2) is 47.5 Å². The van der Waals surface area contributed by atoms with Gasteiger partial charge in [0, 0.05) is 35.8 Å². The summed E-state index contributed by atoms with van der Waals surface area (Å²) in [5.74, 6) is 5.35. The lowest BCUT2D eigenvalue weighted by Gasteiger charge is -2.26. The van der Waals surface area contributed by atoms with Gasteiger partial charge in [-0.25, -0.2) is 22.8 Å². The summed E-state index contributed by atoms with van der Waals surface area (Å²) in [5, 5.41) is 6.41. The second-order valence-corrected chi connectivity index (χ2v) is 15.3. The molecule has 15 heteroatoms. The molecule has 0 aliphatic carbocycles. The van der Waals surface area contributed by atoms with Crippen LogP contribution in [0.3, 0.4) is 0 Å². The highest BCUT2D eigenvalue weighted by Crippen LogP contribution is 2.37. The van der Waals surface area contributed by atoms with Crippen LogP contribution in [-0.2, 0) is 22.7 Å². The number of aromatic nitrogens is 2. The van der Waals surface area contributed by atoms with Gasteiger partial charge in [0.05, 0.1) is 37.0 Å². The molecule has 1 fully saturated rings. The van der Waals surface area contributed by atoms with Crippen LogP contribution < -0.4 is 10.1 Å². The molecule has 0 unspecified atom stereocenters. The Hall–Kier alpha value is -3.38. The van der Waals surface area contributed by atoms with Gasteiger partial charge in [-0.15, -0.1) is 11.3 Å². The van der Waals surface area contributed by atoms with Gasteiger partial charge in [-0.3, -0.25) is 10.2 Å². The fourth-order valence-corrected chi connectivity index (χ4v) is 6.92. The van der Waals surface area contributed by atoms with Crippen molar-refractivity contribution in [1.82, 2.24) is 24.9 Å². The molecule has 2 aromatic carbocycles. The van der Waals surface area contributed by atoms with Crippen molar-refractivity contribution in [1.29, 1.82) is 0 Å². The van der Waals surface area contributed by atoms with E-state index in [2.05, 4.69) is 27.1 Å². The molecule has 47 heavy (non-hydrogen) atoms. The van der Waals surface area contributed by atoms with Crippen LogP contribution in [0.25, 0.3) is 16.3 Å². The molecule has 3 heterocycles. The summed E-state index contributed by atoms with van der Waals surface area (Å²) < 4.78 is 68.7. The van der Waals surface area contributed by atoms with E-state index in [0.29, 0.717) is 50.4 Å². The van der Waals surface area contributed by atoms with Crippen molar-refractivity contribution in [2.45, 2.75) is 51.1 Å². The molecule has 8 nitrogen and oxygen atoms in total. The molecule has 4 aromatic rings. The van der Waals surface area contributed by atoms with Crippen LogP contribution in [0.4, 0.5) is 13.2 Å². The Labute approximate surface area is 284 Å². The highest BCUT2D eigenvalue weighted by molar-refractivity contribution is 7.90. The van der Waals surface area contributed by atoms with Gasteiger partial charge in [0.25, 0.3) is 5.91 Å². The minimum Gasteiger partial charge on any atom is -0.283 e. The number of hydrogen-bond donors (Lipinski definition) is 2. The molecule has 1 saturated heterocycles. The predicted octanol–water partition coefficient (Wildman–Crippen LogP) is 7.28. The van der Waals surface area contributed by atoms with Gasteiger partial charge in [-0.2, -0.15) is 18.3 Å². The fraction of sp³-hybridized carbons (Fsp3) is 0.312. The monoisotopic (exact) mass is 723 g/mol. The van der Waals surface area contributed by atoms with E-state index in [-0.39, 0.29) is 17.3 Å². The van der Waals surface area contributed by atoms with Crippen molar-refractivity contribution >= 4 is 50.5 Å². The predicted molar refractivity (Wildman–Crippen MR) is 178 cm³/mol. The van der Waals surface area contributed by atoms with E-state index < -0.39 is 32.9 Å². The second-order valence-electron chi connectivity index (χ2n) is 11.1. The number of carbonyl (C=O) groups is 1. The average molecular weight is 725 g/mol. The normalized spacial score (nSPS) is 14.2. The van der Waals surface area contributed by atoms with Crippen LogP contribution in [0.15, 0.2) is 54.6 Å². The molecule has 1 aliphatic heterocycles. The Morgan fingerprint density at radius 1 is 1.02 bits per heavy atom. The van der Waals surface area contributed by atoms with Gasteiger partial charge < -0.3 is 0 Å². The molecule has 0 atom stereocenters. The second kappa shape index (κ2) is 14.4. The van der Waals surface area contributed by atoms with Crippen molar-refractivity contribution < 1.29 is 26.4 Å². The molecule has 1 amide bonds. The molecule has 0 saturated carbocycles. The van der Waals surface area contributed by atoms with E-state index in [9.17, 15) is 26.4 Å². The molecule has 0 spiro atoms. The molecule has 5 rings (SSSR count). The first-order valence-electron chi connectivity index (χ1n) is 14.6. The first kappa shape index (κ1) is 34.9. The summed E-state index contributed by atoms with van der Waals surface area (Å²) in [5.41, 5.74) is 3.69. The van der Waals surface area contributed by atoms with Crippen LogP contribution >= 0.6 is 34.5 Å². The molecule has 0 radical (unpaired) electrons. The minimum atomic E-state index is -4.45. The van der Waals surface area contributed by atoms with Gasteiger partial charge in [-0.1, -0.05) is 41.5 Å².